The Kier molecular flexibility index (Phi) is 5.51. The van der Waals surface area contributed by atoms with Crippen molar-refractivity contribution in [1.29, 1.82) is 0 Å². The van der Waals surface area contributed by atoms with Crippen LogP contribution in [0.25, 0.3) is 0 Å². The number of aromatic hydroxyl groups is 1. The molecule has 2 fully saturated rings. The summed E-state index contributed by atoms with van der Waals surface area (Å²) < 4.78 is 5.36. The van der Waals surface area contributed by atoms with E-state index in [1.807, 2.05) is 0 Å². The van der Waals surface area contributed by atoms with Crippen LogP contribution in [0.3, 0.4) is 0 Å². The number of phenols is 1. The predicted molar refractivity (Wildman–Crippen MR) is 91.6 cm³/mol. The fourth-order valence-electron chi connectivity index (χ4n) is 3.81. The predicted octanol–water partition coefficient (Wildman–Crippen LogP) is 3.82. The maximum atomic E-state index is 12.4. The van der Waals surface area contributed by atoms with Crippen molar-refractivity contribution >= 4 is 17.5 Å². The summed E-state index contributed by atoms with van der Waals surface area (Å²) in [6, 6.07) is 4.18. The van der Waals surface area contributed by atoms with E-state index in [1.165, 1.54) is 18.2 Å². The number of rotatable bonds is 6. The van der Waals surface area contributed by atoms with E-state index in [2.05, 4.69) is 0 Å². The molecule has 0 aliphatic heterocycles. The summed E-state index contributed by atoms with van der Waals surface area (Å²) in [5.74, 6) is -0.838. The molecule has 0 radical (unpaired) electrons. The summed E-state index contributed by atoms with van der Waals surface area (Å²) in [4.78, 5) is 36.7. The SMILES string of the molecule is O=C(CC(=O)C1CCCC1)c1cc(OC(=O)C2CCCC2)ccc1O. The van der Waals surface area contributed by atoms with Crippen molar-refractivity contribution in [3.63, 3.8) is 0 Å². The second-order valence-electron chi connectivity index (χ2n) is 7.13. The van der Waals surface area contributed by atoms with Crippen molar-refractivity contribution in [2.75, 3.05) is 0 Å². The van der Waals surface area contributed by atoms with Crippen LogP contribution in [-0.4, -0.2) is 22.6 Å². The van der Waals surface area contributed by atoms with Gasteiger partial charge in [0, 0.05) is 5.92 Å². The highest BCUT2D eigenvalue weighted by molar-refractivity contribution is 6.10. The van der Waals surface area contributed by atoms with Crippen LogP contribution in [0, 0.1) is 11.8 Å². The molecular formula is C20H24O5. The largest absolute Gasteiger partial charge is 0.507 e. The van der Waals surface area contributed by atoms with Crippen LogP contribution >= 0.6 is 0 Å². The van der Waals surface area contributed by atoms with E-state index in [0.717, 1.165) is 51.4 Å². The van der Waals surface area contributed by atoms with E-state index in [-0.39, 0.29) is 47.1 Å². The number of carbonyl (C=O) groups is 3. The van der Waals surface area contributed by atoms with Gasteiger partial charge >= 0.3 is 5.97 Å². The molecule has 2 aliphatic rings. The van der Waals surface area contributed by atoms with Gasteiger partial charge in [0.1, 0.15) is 17.3 Å². The zero-order chi connectivity index (χ0) is 17.8. The molecule has 134 valence electrons. The first-order valence-electron chi connectivity index (χ1n) is 9.15. The second-order valence-corrected chi connectivity index (χ2v) is 7.13. The summed E-state index contributed by atoms with van der Waals surface area (Å²) in [6.45, 7) is 0. The van der Waals surface area contributed by atoms with E-state index in [1.54, 1.807) is 0 Å². The first-order chi connectivity index (χ1) is 12.0. The molecule has 0 atom stereocenters. The number of ether oxygens (including phenoxy) is 1. The Morgan fingerprint density at radius 1 is 0.960 bits per heavy atom. The number of hydrogen-bond acceptors (Lipinski definition) is 5. The number of Topliss-reactive ketones (excluding diaryl/α,β-unsaturated/α-hetero) is 2. The molecule has 1 aromatic carbocycles. The number of phenolic OH excluding ortho intramolecular Hbond substituents is 1. The number of esters is 1. The van der Waals surface area contributed by atoms with E-state index in [9.17, 15) is 19.5 Å². The molecule has 1 N–H and O–H groups in total. The molecule has 5 nitrogen and oxygen atoms in total. The Morgan fingerprint density at radius 2 is 1.56 bits per heavy atom. The molecule has 0 heterocycles. The molecule has 1 aromatic rings. The van der Waals surface area contributed by atoms with Crippen molar-refractivity contribution < 1.29 is 24.2 Å². The summed E-state index contributed by atoms with van der Waals surface area (Å²) in [6.07, 6.45) is 7.26. The normalized spacial score (nSPS) is 18.4. The van der Waals surface area contributed by atoms with Crippen molar-refractivity contribution in [3.05, 3.63) is 23.8 Å². The molecule has 0 aromatic heterocycles. The highest BCUT2D eigenvalue weighted by atomic mass is 16.5. The molecule has 0 unspecified atom stereocenters. The van der Waals surface area contributed by atoms with Gasteiger partial charge in [-0.3, -0.25) is 14.4 Å². The molecule has 3 rings (SSSR count). The maximum Gasteiger partial charge on any atom is 0.314 e. The van der Waals surface area contributed by atoms with Gasteiger partial charge < -0.3 is 9.84 Å². The molecule has 5 heteroatoms. The van der Waals surface area contributed by atoms with Gasteiger partial charge in [-0.25, -0.2) is 0 Å². The monoisotopic (exact) mass is 344 g/mol. The van der Waals surface area contributed by atoms with Crippen LogP contribution in [0.15, 0.2) is 18.2 Å². The van der Waals surface area contributed by atoms with Crippen molar-refractivity contribution in [1.82, 2.24) is 0 Å². The Morgan fingerprint density at radius 3 is 2.20 bits per heavy atom. The number of carbonyl (C=O) groups excluding carboxylic acids is 3. The molecule has 0 bridgehead atoms. The van der Waals surface area contributed by atoms with Gasteiger partial charge in [0.25, 0.3) is 0 Å². The number of hydrogen-bond donors (Lipinski definition) is 1. The minimum absolute atomic E-state index is 0.0329. The molecular weight excluding hydrogens is 320 g/mol. The fourth-order valence-corrected chi connectivity index (χ4v) is 3.81. The van der Waals surface area contributed by atoms with Gasteiger partial charge in [-0.2, -0.15) is 0 Å². The smallest absolute Gasteiger partial charge is 0.314 e. The quantitative estimate of drug-likeness (QED) is 0.367. The van der Waals surface area contributed by atoms with Crippen LogP contribution in [0.2, 0.25) is 0 Å². The van der Waals surface area contributed by atoms with E-state index >= 15 is 0 Å². The first-order valence-corrected chi connectivity index (χ1v) is 9.15. The Labute approximate surface area is 147 Å². The second kappa shape index (κ2) is 7.81. The zero-order valence-corrected chi connectivity index (χ0v) is 14.3. The minimum atomic E-state index is -0.423. The Bertz CT molecular complexity index is 667. The highest BCUT2D eigenvalue weighted by Gasteiger charge is 2.27. The number of ketones is 2. The third-order valence-electron chi connectivity index (χ3n) is 5.32. The van der Waals surface area contributed by atoms with Crippen molar-refractivity contribution in [2.45, 2.75) is 57.8 Å². The van der Waals surface area contributed by atoms with Crippen LogP contribution in [-0.2, 0) is 9.59 Å². The molecule has 2 saturated carbocycles. The van der Waals surface area contributed by atoms with Gasteiger partial charge in [0.2, 0.25) is 0 Å². The molecule has 25 heavy (non-hydrogen) atoms. The summed E-state index contributed by atoms with van der Waals surface area (Å²) in [7, 11) is 0. The van der Waals surface area contributed by atoms with E-state index in [0.29, 0.717) is 0 Å². The average Bonchev–Trinajstić information content (AvgIpc) is 3.30. The van der Waals surface area contributed by atoms with Gasteiger partial charge in [0.15, 0.2) is 5.78 Å². The lowest BCUT2D eigenvalue weighted by atomic mass is 9.95. The summed E-state index contributed by atoms with van der Waals surface area (Å²) in [5, 5.41) is 9.96. The standard InChI is InChI=1S/C20H24O5/c21-17-10-9-15(25-20(24)14-7-3-4-8-14)11-16(17)19(23)12-18(22)13-5-1-2-6-13/h9-11,13-14,21H,1-8,12H2. The molecule has 0 saturated heterocycles. The summed E-state index contributed by atoms with van der Waals surface area (Å²) in [5.41, 5.74) is 0.0445. The molecule has 0 amide bonds. The van der Waals surface area contributed by atoms with Gasteiger partial charge in [-0.05, 0) is 43.9 Å². The number of benzene rings is 1. The molecule has 0 spiro atoms. The van der Waals surface area contributed by atoms with Gasteiger partial charge in [0.05, 0.1) is 17.9 Å². The fraction of sp³-hybridized carbons (Fsp3) is 0.550. The van der Waals surface area contributed by atoms with E-state index < -0.39 is 5.78 Å². The average molecular weight is 344 g/mol. The van der Waals surface area contributed by atoms with Crippen LogP contribution < -0.4 is 4.74 Å². The van der Waals surface area contributed by atoms with Crippen molar-refractivity contribution in [3.8, 4) is 11.5 Å². The maximum absolute atomic E-state index is 12.4. The Hall–Kier alpha value is -2.17. The topological polar surface area (TPSA) is 80.7 Å². The van der Waals surface area contributed by atoms with Crippen molar-refractivity contribution in [2.24, 2.45) is 11.8 Å². The third-order valence-corrected chi connectivity index (χ3v) is 5.32. The lowest BCUT2D eigenvalue weighted by molar-refractivity contribution is -0.138. The third kappa shape index (κ3) is 4.27. The minimum Gasteiger partial charge on any atom is -0.507 e. The van der Waals surface area contributed by atoms with Crippen LogP contribution in [0.1, 0.15) is 68.1 Å². The van der Waals surface area contributed by atoms with Crippen LogP contribution in [0.5, 0.6) is 11.5 Å². The highest BCUT2D eigenvalue weighted by Crippen LogP contribution is 2.30. The Balaban J connectivity index is 1.66. The van der Waals surface area contributed by atoms with Crippen LogP contribution in [0.4, 0.5) is 0 Å². The van der Waals surface area contributed by atoms with Gasteiger partial charge in [-0.15, -0.1) is 0 Å². The lowest BCUT2D eigenvalue weighted by Crippen LogP contribution is -2.18. The van der Waals surface area contributed by atoms with E-state index in [4.69, 9.17) is 4.74 Å². The zero-order valence-electron chi connectivity index (χ0n) is 14.3. The lowest BCUT2D eigenvalue weighted by Gasteiger charge is -2.11. The first kappa shape index (κ1) is 17.6. The summed E-state index contributed by atoms with van der Waals surface area (Å²) >= 11 is 0. The molecule has 2 aliphatic carbocycles. The van der Waals surface area contributed by atoms with Gasteiger partial charge in [-0.1, -0.05) is 25.7 Å².